The van der Waals surface area contributed by atoms with E-state index in [2.05, 4.69) is 4.98 Å². The lowest BCUT2D eigenvalue weighted by molar-refractivity contribution is 0.101. The second kappa shape index (κ2) is 9.05. The predicted octanol–water partition coefficient (Wildman–Crippen LogP) is 3.72. The number of carbonyl (C=O) groups is 1. The molecule has 0 aliphatic rings. The molecule has 0 aliphatic carbocycles. The summed E-state index contributed by atoms with van der Waals surface area (Å²) in [6.45, 7) is 1.10. The van der Waals surface area contributed by atoms with Crippen LogP contribution in [0.1, 0.15) is 28.6 Å². The van der Waals surface area contributed by atoms with E-state index in [4.69, 9.17) is 9.15 Å². The van der Waals surface area contributed by atoms with Crippen LogP contribution < -0.4 is 10.3 Å². The Morgan fingerprint density at radius 1 is 1.06 bits per heavy atom. The quantitative estimate of drug-likeness (QED) is 0.396. The molecule has 0 saturated heterocycles. The summed E-state index contributed by atoms with van der Waals surface area (Å²) >= 11 is 0. The van der Waals surface area contributed by atoms with Gasteiger partial charge in [-0.05, 0) is 54.8 Å². The summed E-state index contributed by atoms with van der Waals surface area (Å²) in [6.07, 6.45) is 1.45. The highest BCUT2D eigenvalue weighted by molar-refractivity contribution is 7.89. The molecule has 33 heavy (non-hydrogen) atoms. The highest BCUT2D eigenvalue weighted by Crippen LogP contribution is 2.24. The third-order valence-electron chi connectivity index (χ3n) is 5.27. The lowest BCUT2D eigenvalue weighted by Crippen LogP contribution is -2.32. The second-order valence-corrected chi connectivity index (χ2v) is 9.45. The Hall–Kier alpha value is -3.69. The number of pyridine rings is 1. The van der Waals surface area contributed by atoms with Gasteiger partial charge in [0.25, 0.3) is 5.56 Å². The first-order valence-corrected chi connectivity index (χ1v) is 11.6. The molecule has 0 aliphatic heterocycles. The Labute approximate surface area is 190 Å². The minimum absolute atomic E-state index is 0.0382. The average molecular weight is 467 g/mol. The molecule has 2 aromatic carbocycles. The van der Waals surface area contributed by atoms with Crippen LogP contribution >= 0.6 is 0 Å². The van der Waals surface area contributed by atoms with E-state index < -0.39 is 15.6 Å². The molecule has 0 atom stereocenters. The van der Waals surface area contributed by atoms with Gasteiger partial charge in [-0.2, -0.15) is 4.31 Å². The van der Waals surface area contributed by atoms with Crippen molar-refractivity contribution >= 4 is 26.7 Å². The van der Waals surface area contributed by atoms with Gasteiger partial charge in [0, 0.05) is 23.7 Å². The van der Waals surface area contributed by atoms with Gasteiger partial charge in [-0.15, -0.1) is 0 Å². The number of rotatable bonds is 8. The average Bonchev–Trinajstić information content (AvgIpc) is 3.32. The minimum atomic E-state index is -4.06. The van der Waals surface area contributed by atoms with Crippen molar-refractivity contribution < 1.29 is 22.4 Å². The third-order valence-corrected chi connectivity index (χ3v) is 7.06. The molecule has 0 bridgehead atoms. The lowest BCUT2D eigenvalue weighted by Gasteiger charge is -2.21. The predicted molar refractivity (Wildman–Crippen MR) is 123 cm³/mol. The number of hydrogen-bond donors (Lipinski definition) is 1. The van der Waals surface area contributed by atoms with Gasteiger partial charge in [0.1, 0.15) is 11.5 Å². The van der Waals surface area contributed by atoms with E-state index in [1.807, 2.05) is 0 Å². The normalized spacial score (nSPS) is 11.7. The van der Waals surface area contributed by atoms with Crippen LogP contribution in [0.5, 0.6) is 5.75 Å². The molecule has 2 heterocycles. The summed E-state index contributed by atoms with van der Waals surface area (Å²) in [4.78, 5) is 27.3. The maximum atomic E-state index is 13.5. The van der Waals surface area contributed by atoms with Crippen molar-refractivity contribution in [3.63, 3.8) is 0 Å². The maximum absolute atomic E-state index is 13.5. The number of Topliss-reactive ketones (excluding diaryl/α,β-unsaturated/α-hetero) is 1. The summed E-state index contributed by atoms with van der Waals surface area (Å²) in [7, 11) is -2.53. The number of nitrogens with one attached hydrogen (secondary N) is 1. The first-order valence-electron chi connectivity index (χ1n) is 10.1. The van der Waals surface area contributed by atoms with Gasteiger partial charge in [0.15, 0.2) is 5.78 Å². The topological polar surface area (TPSA) is 110 Å². The van der Waals surface area contributed by atoms with Crippen molar-refractivity contribution in [2.45, 2.75) is 24.9 Å². The van der Waals surface area contributed by atoms with Crippen LogP contribution in [0.15, 0.2) is 81.0 Å². The Kier molecular flexibility index (Phi) is 6.17. The summed E-state index contributed by atoms with van der Waals surface area (Å²) in [5.74, 6) is 0.771. The Morgan fingerprint density at radius 3 is 2.58 bits per heavy atom. The molecule has 0 fully saturated rings. The van der Waals surface area contributed by atoms with Crippen molar-refractivity contribution in [1.29, 1.82) is 0 Å². The highest BCUT2D eigenvalue weighted by atomic mass is 32.2. The standard InChI is InChI=1S/C24H22N2O6S/c1-16(27)17-5-3-7-22(12-17)33(29,30)26(15-21-6-4-10-32-21)14-19-11-18-8-9-20(31-2)13-23(18)25-24(19)28/h3-13H,14-15H2,1-2H3,(H,25,28). The van der Waals surface area contributed by atoms with Crippen LogP contribution in [0.4, 0.5) is 0 Å². The molecule has 170 valence electrons. The van der Waals surface area contributed by atoms with E-state index in [0.29, 0.717) is 17.0 Å². The van der Waals surface area contributed by atoms with Crippen LogP contribution in [-0.4, -0.2) is 30.6 Å². The Morgan fingerprint density at radius 2 is 1.88 bits per heavy atom. The zero-order valence-corrected chi connectivity index (χ0v) is 18.9. The van der Waals surface area contributed by atoms with E-state index in [1.165, 1.54) is 38.5 Å². The largest absolute Gasteiger partial charge is 0.497 e. The summed E-state index contributed by atoms with van der Waals surface area (Å²) in [5.41, 5.74) is 0.725. The van der Waals surface area contributed by atoms with Crippen molar-refractivity contribution in [3.8, 4) is 5.75 Å². The number of fused-ring (bicyclic) bond motifs is 1. The first kappa shape index (κ1) is 22.5. The zero-order valence-electron chi connectivity index (χ0n) is 18.1. The molecular formula is C24H22N2O6S. The van der Waals surface area contributed by atoms with Gasteiger partial charge in [0.05, 0.1) is 30.3 Å². The number of H-pyrrole nitrogens is 1. The fourth-order valence-corrected chi connectivity index (χ4v) is 4.92. The van der Waals surface area contributed by atoms with Gasteiger partial charge in [-0.3, -0.25) is 9.59 Å². The van der Waals surface area contributed by atoms with Crippen LogP contribution in [0.25, 0.3) is 10.9 Å². The van der Waals surface area contributed by atoms with Crippen LogP contribution in [0.3, 0.4) is 0 Å². The van der Waals surface area contributed by atoms with Gasteiger partial charge in [-0.25, -0.2) is 8.42 Å². The van der Waals surface area contributed by atoms with Gasteiger partial charge < -0.3 is 14.1 Å². The number of methoxy groups -OCH3 is 1. The van der Waals surface area contributed by atoms with Crippen LogP contribution in [0.2, 0.25) is 0 Å². The zero-order chi connectivity index (χ0) is 23.6. The number of sulfonamides is 1. The van der Waals surface area contributed by atoms with E-state index in [9.17, 15) is 18.0 Å². The summed E-state index contributed by atoms with van der Waals surface area (Å²) in [5, 5.41) is 0.735. The molecule has 4 rings (SSSR count). The molecular weight excluding hydrogens is 444 g/mol. The smallest absolute Gasteiger partial charge is 0.252 e. The minimum Gasteiger partial charge on any atom is -0.497 e. The first-order chi connectivity index (χ1) is 15.8. The number of benzene rings is 2. The number of furan rings is 1. The summed E-state index contributed by atoms with van der Waals surface area (Å²) in [6, 6.07) is 16.1. The number of aromatic nitrogens is 1. The van der Waals surface area contributed by atoms with Gasteiger partial charge in [0.2, 0.25) is 10.0 Å². The third kappa shape index (κ3) is 4.74. The fourth-order valence-electron chi connectivity index (χ4n) is 3.49. The number of nitrogens with zero attached hydrogens (tertiary/aromatic N) is 1. The second-order valence-electron chi connectivity index (χ2n) is 7.51. The van der Waals surface area contributed by atoms with Crippen molar-refractivity contribution in [1.82, 2.24) is 9.29 Å². The molecule has 0 spiro atoms. The van der Waals surface area contributed by atoms with Crippen molar-refractivity contribution in [2.24, 2.45) is 0 Å². The SMILES string of the molecule is COc1ccc2cc(CN(Cc3ccco3)S(=O)(=O)c3cccc(C(C)=O)c3)c(=O)[nH]c2c1. The molecule has 1 N–H and O–H groups in total. The van der Waals surface area contributed by atoms with Crippen molar-refractivity contribution in [3.05, 3.63) is 94.2 Å². The fraction of sp³-hybridized carbons (Fsp3) is 0.167. The van der Waals surface area contributed by atoms with E-state index >= 15 is 0 Å². The van der Waals surface area contributed by atoms with E-state index in [0.717, 1.165) is 9.69 Å². The Balaban J connectivity index is 1.77. The monoisotopic (exact) mass is 466 g/mol. The molecule has 0 amide bonds. The molecule has 8 nitrogen and oxygen atoms in total. The lowest BCUT2D eigenvalue weighted by atomic mass is 10.1. The Bertz CT molecular complexity index is 1470. The molecule has 2 aromatic heterocycles. The highest BCUT2D eigenvalue weighted by Gasteiger charge is 2.27. The number of ether oxygens (including phenoxy) is 1. The number of hydrogen-bond acceptors (Lipinski definition) is 6. The van der Waals surface area contributed by atoms with Gasteiger partial charge in [-0.1, -0.05) is 12.1 Å². The molecule has 0 saturated carbocycles. The van der Waals surface area contributed by atoms with Crippen molar-refractivity contribution in [2.75, 3.05) is 7.11 Å². The van der Waals surface area contributed by atoms with Crippen LogP contribution in [0, 0.1) is 0 Å². The number of ketones is 1. The molecule has 0 unspecified atom stereocenters. The van der Waals surface area contributed by atoms with Crippen LogP contribution in [-0.2, 0) is 23.1 Å². The number of aromatic amines is 1. The maximum Gasteiger partial charge on any atom is 0.252 e. The van der Waals surface area contributed by atoms with E-state index in [1.54, 1.807) is 42.5 Å². The number of carbonyl (C=O) groups excluding carboxylic acids is 1. The molecule has 9 heteroatoms. The summed E-state index contributed by atoms with van der Waals surface area (Å²) < 4.78 is 38.8. The van der Waals surface area contributed by atoms with E-state index in [-0.39, 0.29) is 34.9 Å². The van der Waals surface area contributed by atoms with Gasteiger partial charge >= 0.3 is 0 Å². The molecule has 0 radical (unpaired) electrons. The molecule has 4 aromatic rings.